The van der Waals surface area contributed by atoms with Gasteiger partial charge in [0.05, 0.1) is 16.0 Å². The molecule has 0 saturated carbocycles. The third kappa shape index (κ3) is 1.35. The van der Waals surface area contributed by atoms with Crippen molar-refractivity contribution in [1.29, 1.82) is 0 Å². The lowest BCUT2D eigenvalue weighted by Gasteiger charge is -2.23. The van der Waals surface area contributed by atoms with E-state index in [1.165, 1.54) is 0 Å². The van der Waals surface area contributed by atoms with Gasteiger partial charge in [-0.25, -0.2) is 13.2 Å². The van der Waals surface area contributed by atoms with Gasteiger partial charge in [-0.1, -0.05) is 0 Å². The molecule has 0 atom stereocenters. The summed E-state index contributed by atoms with van der Waals surface area (Å²) < 4.78 is 118. The van der Waals surface area contributed by atoms with E-state index in [4.69, 9.17) is 0 Å². The molecule has 0 aliphatic heterocycles. The molecule has 1 aliphatic carbocycles. The van der Waals surface area contributed by atoms with Crippen LogP contribution >= 0.6 is 12.6 Å². The molecule has 1 aliphatic rings. The first-order valence-electron chi connectivity index (χ1n) is 4.42. The number of fused-ring (bicyclic) bond motifs is 1. The van der Waals surface area contributed by atoms with Gasteiger partial charge in [0.15, 0.2) is 11.6 Å². The van der Waals surface area contributed by atoms with E-state index in [9.17, 15) is 39.5 Å². The first-order chi connectivity index (χ1) is 8.39. The fourth-order valence-electron chi connectivity index (χ4n) is 1.75. The fraction of sp³-hybridized carbons (Fsp3) is 0.333. The Morgan fingerprint density at radius 1 is 0.632 bits per heavy atom. The van der Waals surface area contributed by atoms with Crippen molar-refractivity contribution in [2.45, 2.75) is 22.7 Å². The first kappa shape index (κ1) is 14.4. The Bertz CT molecular complexity index is 529. The largest absolute Gasteiger partial charge is 0.380 e. The van der Waals surface area contributed by atoms with Gasteiger partial charge < -0.3 is 0 Å². The molecule has 0 heterocycles. The molecule has 10 heteroatoms. The molecule has 0 saturated heterocycles. The van der Waals surface area contributed by atoms with Gasteiger partial charge in [-0.05, 0) is 0 Å². The zero-order chi connectivity index (χ0) is 15.0. The lowest BCUT2D eigenvalue weighted by atomic mass is 10.1. The van der Waals surface area contributed by atoms with Crippen molar-refractivity contribution in [3.8, 4) is 0 Å². The van der Waals surface area contributed by atoms with Crippen LogP contribution in [-0.2, 0) is 11.8 Å². The minimum atomic E-state index is -6.09. The van der Waals surface area contributed by atoms with Gasteiger partial charge in [-0.15, -0.1) is 12.6 Å². The number of thiol groups is 1. The smallest absolute Gasteiger partial charge is 0.205 e. The monoisotopic (exact) mass is 312 g/mol. The molecular weight excluding hydrogens is 311 g/mol. The van der Waals surface area contributed by atoms with Gasteiger partial charge in [-0.2, -0.15) is 26.3 Å². The minimum absolute atomic E-state index is 1.68. The van der Waals surface area contributed by atoms with Crippen molar-refractivity contribution in [3.63, 3.8) is 0 Å². The first-order valence-corrected chi connectivity index (χ1v) is 4.87. The number of rotatable bonds is 0. The van der Waals surface area contributed by atoms with E-state index < -0.39 is 51.2 Å². The third-order valence-corrected chi connectivity index (χ3v) is 3.11. The molecule has 0 bridgehead atoms. The van der Waals surface area contributed by atoms with Crippen molar-refractivity contribution in [3.05, 3.63) is 28.6 Å². The molecule has 0 amide bonds. The molecule has 0 nitrogen and oxygen atoms in total. The number of hydrogen-bond acceptors (Lipinski definition) is 1. The van der Waals surface area contributed by atoms with Gasteiger partial charge >= 0.3 is 17.8 Å². The summed E-state index contributed by atoms with van der Waals surface area (Å²) in [5, 5.41) is 0. The second kappa shape index (κ2) is 3.53. The molecule has 0 N–H and O–H groups in total. The summed E-state index contributed by atoms with van der Waals surface area (Å²) in [5.74, 6) is -25.0. The van der Waals surface area contributed by atoms with Crippen LogP contribution in [0.1, 0.15) is 11.1 Å². The molecule has 0 unspecified atom stereocenters. The number of halogens is 9. The van der Waals surface area contributed by atoms with Crippen molar-refractivity contribution < 1.29 is 39.5 Å². The van der Waals surface area contributed by atoms with Gasteiger partial charge in [0.2, 0.25) is 0 Å². The van der Waals surface area contributed by atoms with E-state index in [1.54, 1.807) is 0 Å². The Kier molecular flexibility index (Phi) is 2.66. The van der Waals surface area contributed by atoms with Gasteiger partial charge in [0.25, 0.3) is 0 Å². The average molecular weight is 312 g/mol. The highest BCUT2D eigenvalue weighted by Crippen LogP contribution is 2.64. The quantitative estimate of drug-likeness (QED) is 0.414. The van der Waals surface area contributed by atoms with Crippen LogP contribution in [-0.4, -0.2) is 5.92 Å². The summed E-state index contributed by atoms with van der Waals surface area (Å²) in [4.78, 5) is -1.68. The van der Waals surface area contributed by atoms with Crippen LogP contribution < -0.4 is 0 Å². The summed E-state index contributed by atoms with van der Waals surface area (Å²) in [6.07, 6.45) is 0. The molecule has 19 heavy (non-hydrogen) atoms. The summed E-state index contributed by atoms with van der Waals surface area (Å²) in [7, 11) is 0. The van der Waals surface area contributed by atoms with E-state index >= 15 is 0 Å². The second-order valence-corrected chi connectivity index (χ2v) is 4.21. The van der Waals surface area contributed by atoms with Gasteiger partial charge in [-0.3, -0.25) is 0 Å². The molecule has 0 radical (unpaired) electrons. The molecule has 0 fully saturated rings. The van der Waals surface area contributed by atoms with Crippen LogP contribution in [0.25, 0.3) is 0 Å². The highest BCUT2D eigenvalue weighted by atomic mass is 32.1. The molecule has 2 rings (SSSR count). The summed E-state index contributed by atoms with van der Waals surface area (Å²) >= 11 is 2.96. The minimum Gasteiger partial charge on any atom is -0.205 e. The Balaban J connectivity index is 3.02. The van der Waals surface area contributed by atoms with Crippen molar-refractivity contribution in [1.82, 2.24) is 0 Å². The molecule has 0 spiro atoms. The highest BCUT2D eigenvalue weighted by molar-refractivity contribution is 7.80. The normalized spacial score (nSPS) is 22.4. The lowest BCUT2D eigenvalue weighted by Crippen LogP contribution is -2.43. The van der Waals surface area contributed by atoms with Crippen LogP contribution in [0.15, 0.2) is 4.90 Å². The third-order valence-electron chi connectivity index (χ3n) is 2.71. The Morgan fingerprint density at radius 3 is 1.42 bits per heavy atom. The fourth-order valence-corrected chi connectivity index (χ4v) is 1.96. The number of alkyl halides is 6. The Labute approximate surface area is 104 Å². The SMILES string of the molecule is Fc1c(F)c2c(c(F)c1S)C(F)(F)C(F)(F)C2(F)F. The van der Waals surface area contributed by atoms with E-state index in [0.717, 1.165) is 0 Å². The Morgan fingerprint density at radius 2 is 1.00 bits per heavy atom. The maximum absolute atomic E-state index is 13.3. The summed E-state index contributed by atoms with van der Waals surface area (Å²) in [6, 6.07) is 0. The van der Waals surface area contributed by atoms with Crippen molar-refractivity contribution in [2.24, 2.45) is 0 Å². The van der Waals surface area contributed by atoms with Crippen LogP contribution in [0, 0.1) is 17.5 Å². The zero-order valence-corrected chi connectivity index (χ0v) is 9.24. The standard InChI is InChI=1S/C9HF9S/c10-3-1-2(4(11)6(19)5(3)12)8(15,16)9(17,18)7(1,13)14/h19H. The van der Waals surface area contributed by atoms with E-state index in [2.05, 4.69) is 12.6 Å². The van der Waals surface area contributed by atoms with Crippen LogP contribution in [0.5, 0.6) is 0 Å². The maximum atomic E-state index is 13.3. The lowest BCUT2D eigenvalue weighted by molar-refractivity contribution is -0.303. The van der Waals surface area contributed by atoms with Gasteiger partial charge in [0, 0.05) is 0 Å². The predicted molar refractivity (Wildman–Crippen MR) is 46.3 cm³/mol. The van der Waals surface area contributed by atoms with Crippen molar-refractivity contribution in [2.75, 3.05) is 0 Å². The average Bonchev–Trinajstić information content (AvgIpc) is 2.39. The topological polar surface area (TPSA) is 0 Å². The molecule has 0 aromatic heterocycles. The van der Waals surface area contributed by atoms with Gasteiger partial charge in [0.1, 0.15) is 5.82 Å². The summed E-state index contributed by atoms with van der Waals surface area (Å²) in [5.41, 5.74) is -5.26. The zero-order valence-electron chi connectivity index (χ0n) is 8.35. The number of benzene rings is 1. The molecule has 1 aromatic rings. The number of hydrogen-bond donors (Lipinski definition) is 1. The van der Waals surface area contributed by atoms with E-state index in [1.807, 2.05) is 0 Å². The van der Waals surface area contributed by atoms with Crippen LogP contribution in [0.3, 0.4) is 0 Å². The van der Waals surface area contributed by atoms with Crippen molar-refractivity contribution >= 4 is 12.6 Å². The maximum Gasteiger partial charge on any atom is 0.380 e. The predicted octanol–water partition coefficient (Wildman–Crippen LogP) is 4.23. The van der Waals surface area contributed by atoms with E-state index in [-0.39, 0.29) is 0 Å². The Hall–Kier alpha value is -1.06. The molecular formula is C9HF9S. The molecule has 106 valence electrons. The van der Waals surface area contributed by atoms with Crippen LogP contribution in [0.4, 0.5) is 39.5 Å². The van der Waals surface area contributed by atoms with Crippen LogP contribution in [0.2, 0.25) is 0 Å². The summed E-state index contributed by atoms with van der Waals surface area (Å²) in [6.45, 7) is 0. The highest BCUT2D eigenvalue weighted by Gasteiger charge is 2.81. The molecule has 1 aromatic carbocycles. The second-order valence-electron chi connectivity index (χ2n) is 3.76. The van der Waals surface area contributed by atoms with E-state index in [0.29, 0.717) is 0 Å².